The molecule has 0 bridgehead atoms. The summed E-state index contributed by atoms with van der Waals surface area (Å²) in [5.74, 6) is 4.93. The van der Waals surface area contributed by atoms with Gasteiger partial charge in [-0.05, 0) is 19.1 Å². The van der Waals surface area contributed by atoms with E-state index in [2.05, 4.69) is 9.82 Å². The van der Waals surface area contributed by atoms with Crippen LogP contribution in [0, 0.1) is 6.92 Å². The van der Waals surface area contributed by atoms with Crippen molar-refractivity contribution in [3.05, 3.63) is 24.0 Å². The third-order valence-corrected chi connectivity index (χ3v) is 1.63. The van der Waals surface area contributed by atoms with Crippen molar-refractivity contribution in [3.63, 3.8) is 0 Å². The Bertz CT molecular complexity index is 313. The van der Waals surface area contributed by atoms with E-state index in [0.717, 1.165) is 5.69 Å². The maximum Gasteiger partial charge on any atom is 0.329 e. The molecule has 0 unspecified atom stereocenters. The first-order valence-electron chi connectivity index (χ1n) is 4.43. The van der Waals surface area contributed by atoms with Crippen LogP contribution in [0.2, 0.25) is 0 Å². The van der Waals surface area contributed by atoms with Crippen LogP contribution in [0.4, 0.5) is 0 Å². The van der Waals surface area contributed by atoms with Crippen LogP contribution in [0.25, 0.3) is 0 Å². The third kappa shape index (κ3) is 4.39. The first-order chi connectivity index (χ1) is 7.22. The number of hydrazine groups is 1. The monoisotopic (exact) mass is 211 g/mol. The van der Waals surface area contributed by atoms with Crippen molar-refractivity contribution in [1.82, 2.24) is 10.6 Å². The van der Waals surface area contributed by atoms with E-state index in [1.165, 1.54) is 0 Å². The number of aryl methyl sites for hydroxylation is 1. The first kappa shape index (κ1) is 11.4. The highest BCUT2D eigenvalue weighted by molar-refractivity contribution is 5.69. The summed E-state index contributed by atoms with van der Waals surface area (Å²) in [4.78, 5) is 19.2. The lowest BCUT2D eigenvalue weighted by Crippen LogP contribution is -2.26. The molecule has 0 saturated heterocycles. The molecule has 6 heteroatoms. The maximum absolute atomic E-state index is 10.8. The summed E-state index contributed by atoms with van der Waals surface area (Å²) in [6.45, 7) is 2.11. The molecule has 1 aromatic heterocycles. The highest BCUT2D eigenvalue weighted by atomic mass is 16.7. The number of carbonyl (C=O) groups is 1. The van der Waals surface area contributed by atoms with Crippen LogP contribution in [0.3, 0.4) is 0 Å². The van der Waals surface area contributed by atoms with E-state index in [4.69, 9.17) is 10.6 Å². The standard InChI is InChI=1S/C9H13N3O3/c1-7-2-3-8(6-11-7)14-5-4-9(13)15-12-10/h2-3,6,12H,4-5,10H2,1H3. The lowest BCUT2D eigenvalue weighted by Gasteiger charge is -2.05. The summed E-state index contributed by atoms with van der Waals surface area (Å²) in [7, 11) is 0. The molecule has 0 atom stereocenters. The number of carbonyl (C=O) groups excluding carboxylic acids is 1. The Morgan fingerprint density at radius 1 is 1.60 bits per heavy atom. The van der Waals surface area contributed by atoms with Crippen LogP contribution >= 0.6 is 0 Å². The van der Waals surface area contributed by atoms with Gasteiger partial charge in [0.25, 0.3) is 0 Å². The number of pyridine rings is 1. The third-order valence-electron chi connectivity index (χ3n) is 1.63. The summed E-state index contributed by atoms with van der Waals surface area (Å²) in [5.41, 5.74) is 2.72. The molecular weight excluding hydrogens is 198 g/mol. The van der Waals surface area contributed by atoms with Crippen LogP contribution in [-0.2, 0) is 9.63 Å². The highest BCUT2D eigenvalue weighted by Gasteiger charge is 2.02. The van der Waals surface area contributed by atoms with Gasteiger partial charge in [-0.15, -0.1) is 0 Å². The lowest BCUT2D eigenvalue weighted by atomic mass is 10.4. The van der Waals surface area contributed by atoms with E-state index in [1.54, 1.807) is 17.9 Å². The predicted molar refractivity (Wildman–Crippen MR) is 52.5 cm³/mol. The van der Waals surface area contributed by atoms with Crippen molar-refractivity contribution >= 4 is 5.97 Å². The van der Waals surface area contributed by atoms with Gasteiger partial charge in [0, 0.05) is 5.69 Å². The number of hydrogen-bond acceptors (Lipinski definition) is 6. The van der Waals surface area contributed by atoms with Crippen LogP contribution < -0.4 is 16.2 Å². The summed E-state index contributed by atoms with van der Waals surface area (Å²) in [6, 6.07) is 3.62. The minimum absolute atomic E-state index is 0.123. The second-order valence-electron chi connectivity index (χ2n) is 2.83. The summed E-state index contributed by atoms with van der Waals surface area (Å²) >= 11 is 0. The Kier molecular flexibility index (Phi) is 4.52. The molecular formula is C9H13N3O3. The van der Waals surface area contributed by atoms with Crippen molar-refractivity contribution in [2.24, 2.45) is 5.84 Å². The quantitative estimate of drug-likeness (QED) is 0.530. The van der Waals surface area contributed by atoms with Gasteiger partial charge >= 0.3 is 5.97 Å². The molecule has 0 spiro atoms. The largest absolute Gasteiger partial charge is 0.491 e. The fourth-order valence-electron chi connectivity index (χ4n) is 0.909. The molecule has 82 valence electrons. The van der Waals surface area contributed by atoms with Crippen molar-refractivity contribution in [3.8, 4) is 5.75 Å². The van der Waals surface area contributed by atoms with Crippen LogP contribution in [0.5, 0.6) is 5.75 Å². The Labute approximate surface area is 87.3 Å². The molecule has 1 rings (SSSR count). The molecule has 6 nitrogen and oxygen atoms in total. The molecule has 1 aromatic rings. The molecule has 0 amide bonds. The number of rotatable bonds is 5. The fourth-order valence-corrected chi connectivity index (χ4v) is 0.909. The van der Waals surface area contributed by atoms with Crippen molar-refractivity contribution < 1.29 is 14.4 Å². The average molecular weight is 211 g/mol. The van der Waals surface area contributed by atoms with E-state index >= 15 is 0 Å². The normalized spacial score (nSPS) is 9.73. The van der Waals surface area contributed by atoms with E-state index in [1.807, 2.05) is 13.0 Å². The van der Waals surface area contributed by atoms with Gasteiger partial charge in [-0.2, -0.15) is 0 Å². The van der Waals surface area contributed by atoms with Crippen LogP contribution in [0.1, 0.15) is 12.1 Å². The highest BCUT2D eigenvalue weighted by Crippen LogP contribution is 2.08. The van der Waals surface area contributed by atoms with Crippen LogP contribution in [-0.4, -0.2) is 17.6 Å². The molecule has 0 aromatic carbocycles. The number of nitrogens with zero attached hydrogens (tertiary/aromatic N) is 1. The first-order valence-corrected chi connectivity index (χ1v) is 4.43. The molecule has 15 heavy (non-hydrogen) atoms. The van der Waals surface area contributed by atoms with E-state index < -0.39 is 5.97 Å². The number of ether oxygens (including phenoxy) is 1. The molecule has 0 aliphatic rings. The average Bonchev–Trinajstić information content (AvgIpc) is 2.21. The van der Waals surface area contributed by atoms with Gasteiger partial charge in [0.15, 0.2) is 0 Å². The van der Waals surface area contributed by atoms with Gasteiger partial charge in [-0.3, -0.25) is 9.78 Å². The zero-order valence-electron chi connectivity index (χ0n) is 8.40. The minimum Gasteiger partial charge on any atom is -0.491 e. The number of nitrogens with two attached hydrogens (primary N) is 1. The Hall–Kier alpha value is -1.66. The summed E-state index contributed by atoms with van der Waals surface area (Å²) in [6.07, 6.45) is 1.72. The second-order valence-corrected chi connectivity index (χ2v) is 2.83. The van der Waals surface area contributed by atoms with E-state index in [-0.39, 0.29) is 13.0 Å². The maximum atomic E-state index is 10.8. The van der Waals surface area contributed by atoms with E-state index in [9.17, 15) is 4.79 Å². The van der Waals surface area contributed by atoms with Crippen molar-refractivity contribution in [1.29, 1.82) is 0 Å². The Morgan fingerprint density at radius 3 is 3.00 bits per heavy atom. The Balaban J connectivity index is 2.26. The zero-order chi connectivity index (χ0) is 11.1. The van der Waals surface area contributed by atoms with Gasteiger partial charge in [-0.1, -0.05) is 5.59 Å². The molecule has 0 aliphatic heterocycles. The zero-order valence-corrected chi connectivity index (χ0v) is 8.40. The topological polar surface area (TPSA) is 86.5 Å². The van der Waals surface area contributed by atoms with Gasteiger partial charge in [0.1, 0.15) is 5.75 Å². The fraction of sp³-hybridized carbons (Fsp3) is 0.333. The molecule has 1 heterocycles. The Morgan fingerprint density at radius 2 is 2.40 bits per heavy atom. The molecule has 3 N–H and O–H groups in total. The van der Waals surface area contributed by atoms with Crippen molar-refractivity contribution in [2.75, 3.05) is 6.61 Å². The van der Waals surface area contributed by atoms with Gasteiger partial charge < -0.3 is 9.57 Å². The second kappa shape index (κ2) is 5.94. The molecule has 0 aliphatic carbocycles. The minimum atomic E-state index is -0.474. The predicted octanol–water partition coefficient (Wildman–Crippen LogP) is 0.0804. The van der Waals surface area contributed by atoms with E-state index in [0.29, 0.717) is 5.75 Å². The number of hydrogen-bond donors (Lipinski definition) is 2. The number of nitrogens with one attached hydrogen (secondary N) is 1. The van der Waals surface area contributed by atoms with Gasteiger partial charge in [-0.25, -0.2) is 5.84 Å². The SMILES string of the molecule is Cc1ccc(OCCC(=O)ONN)cn1. The number of aromatic nitrogens is 1. The summed E-state index contributed by atoms with van der Waals surface area (Å²) < 4.78 is 5.25. The molecule has 0 fully saturated rings. The van der Waals surface area contributed by atoms with Gasteiger partial charge in [0.2, 0.25) is 0 Å². The van der Waals surface area contributed by atoms with Crippen LogP contribution in [0.15, 0.2) is 18.3 Å². The smallest absolute Gasteiger partial charge is 0.329 e. The summed E-state index contributed by atoms with van der Waals surface area (Å²) in [5, 5.41) is 0. The molecule has 0 radical (unpaired) electrons. The van der Waals surface area contributed by atoms with Crippen molar-refractivity contribution in [2.45, 2.75) is 13.3 Å². The van der Waals surface area contributed by atoms with Gasteiger partial charge in [0.05, 0.1) is 19.2 Å². The molecule has 0 saturated carbocycles. The lowest BCUT2D eigenvalue weighted by molar-refractivity contribution is -0.151.